The summed E-state index contributed by atoms with van der Waals surface area (Å²) in [6, 6.07) is 7.93. The summed E-state index contributed by atoms with van der Waals surface area (Å²) < 4.78 is 1.93. The number of nitro benzene ring substituents is 1. The zero-order valence-corrected chi connectivity index (χ0v) is 14.7. The van der Waals surface area contributed by atoms with Gasteiger partial charge in [-0.25, -0.2) is 4.79 Å². The maximum absolute atomic E-state index is 11.9. The Bertz CT molecular complexity index is 756. The number of non-ortho nitro benzene ring substituents is 1. The predicted molar refractivity (Wildman–Crippen MR) is 94.2 cm³/mol. The third-order valence-electron chi connectivity index (χ3n) is 3.77. The lowest BCUT2D eigenvalue weighted by Gasteiger charge is -2.14. The molecule has 134 valence electrons. The Morgan fingerprint density at radius 2 is 2.08 bits per heavy atom. The number of carbonyl (C=O) groups is 1. The van der Waals surface area contributed by atoms with Gasteiger partial charge in [-0.15, -0.1) is 0 Å². The van der Waals surface area contributed by atoms with Crippen molar-refractivity contribution in [1.29, 1.82) is 0 Å². The highest BCUT2D eigenvalue weighted by Crippen LogP contribution is 2.12. The molecule has 1 heterocycles. The average Bonchev–Trinajstić information content (AvgIpc) is 2.88. The Labute approximate surface area is 146 Å². The van der Waals surface area contributed by atoms with Gasteiger partial charge in [0.05, 0.1) is 10.6 Å². The summed E-state index contributed by atoms with van der Waals surface area (Å²) in [6.45, 7) is 7.47. The molecule has 0 aliphatic rings. The molecule has 0 fully saturated rings. The van der Waals surface area contributed by atoms with Crippen LogP contribution in [-0.4, -0.2) is 27.3 Å². The molecule has 2 N–H and O–H groups in total. The van der Waals surface area contributed by atoms with Crippen LogP contribution >= 0.6 is 0 Å². The highest BCUT2D eigenvalue weighted by atomic mass is 16.6. The van der Waals surface area contributed by atoms with Crippen molar-refractivity contribution in [1.82, 2.24) is 20.4 Å². The number of nitro groups is 1. The number of aromatic nitrogens is 2. The second-order valence-electron chi connectivity index (χ2n) is 6.20. The van der Waals surface area contributed by atoms with Gasteiger partial charge in [-0.3, -0.25) is 14.8 Å². The van der Waals surface area contributed by atoms with E-state index < -0.39 is 4.92 Å². The molecule has 25 heavy (non-hydrogen) atoms. The molecule has 8 heteroatoms. The molecule has 2 aromatic rings. The second kappa shape index (κ2) is 8.27. The van der Waals surface area contributed by atoms with Crippen LogP contribution in [-0.2, 0) is 13.1 Å². The standard InChI is InChI=1S/C17H23N5O3/c1-12(11-21-14(3)7-13(2)20-21)9-18-17(23)19-10-15-5-4-6-16(8-15)22(24)25/h4-8,12H,9-11H2,1-3H3,(H2,18,19,23). The van der Waals surface area contributed by atoms with Crippen LogP contribution in [0.3, 0.4) is 0 Å². The molecule has 0 saturated carbocycles. The molecular formula is C17H23N5O3. The Balaban J connectivity index is 1.76. The fourth-order valence-corrected chi connectivity index (χ4v) is 2.51. The molecule has 2 rings (SSSR count). The summed E-state index contributed by atoms with van der Waals surface area (Å²) in [5, 5.41) is 20.7. The molecule has 0 radical (unpaired) electrons. The third kappa shape index (κ3) is 5.59. The van der Waals surface area contributed by atoms with Gasteiger partial charge in [0.2, 0.25) is 0 Å². The van der Waals surface area contributed by atoms with E-state index in [0.717, 1.165) is 17.9 Å². The molecule has 1 aromatic heterocycles. The van der Waals surface area contributed by atoms with Crippen LogP contribution < -0.4 is 10.6 Å². The van der Waals surface area contributed by atoms with Gasteiger partial charge in [0, 0.05) is 37.5 Å². The Morgan fingerprint density at radius 3 is 2.72 bits per heavy atom. The molecule has 1 aromatic carbocycles. The summed E-state index contributed by atoms with van der Waals surface area (Å²) in [7, 11) is 0. The molecule has 0 aliphatic heterocycles. The molecule has 0 saturated heterocycles. The number of benzene rings is 1. The first-order valence-electron chi connectivity index (χ1n) is 8.11. The first-order chi connectivity index (χ1) is 11.8. The Kier molecular flexibility index (Phi) is 6.10. The van der Waals surface area contributed by atoms with E-state index in [9.17, 15) is 14.9 Å². The zero-order valence-electron chi connectivity index (χ0n) is 14.7. The topological polar surface area (TPSA) is 102 Å². The van der Waals surface area contributed by atoms with E-state index in [4.69, 9.17) is 0 Å². The number of hydrogen-bond donors (Lipinski definition) is 2. The third-order valence-corrected chi connectivity index (χ3v) is 3.77. The molecule has 0 aliphatic carbocycles. The summed E-state index contributed by atoms with van der Waals surface area (Å²) in [4.78, 5) is 22.2. The predicted octanol–water partition coefficient (Wildman–Crippen LogP) is 2.54. The molecule has 1 atom stereocenters. The molecule has 0 bridgehead atoms. The summed E-state index contributed by atoms with van der Waals surface area (Å²) in [5.74, 6) is 0.224. The first kappa shape index (κ1) is 18.4. The lowest BCUT2D eigenvalue weighted by atomic mass is 10.2. The lowest BCUT2D eigenvalue weighted by Crippen LogP contribution is -2.38. The molecule has 1 unspecified atom stereocenters. The fraction of sp³-hybridized carbons (Fsp3) is 0.412. The number of nitrogens with zero attached hydrogens (tertiary/aromatic N) is 3. The minimum absolute atomic E-state index is 0.0122. The number of carbonyl (C=O) groups excluding carboxylic acids is 1. The van der Waals surface area contributed by atoms with E-state index >= 15 is 0 Å². The summed E-state index contributed by atoms with van der Waals surface area (Å²) >= 11 is 0. The van der Waals surface area contributed by atoms with Gasteiger partial charge in [0.25, 0.3) is 5.69 Å². The zero-order chi connectivity index (χ0) is 18.4. The van der Waals surface area contributed by atoms with Crippen molar-refractivity contribution in [2.24, 2.45) is 5.92 Å². The van der Waals surface area contributed by atoms with Crippen molar-refractivity contribution in [3.63, 3.8) is 0 Å². The van der Waals surface area contributed by atoms with Crippen molar-refractivity contribution >= 4 is 11.7 Å². The van der Waals surface area contributed by atoms with Crippen molar-refractivity contribution < 1.29 is 9.72 Å². The summed E-state index contributed by atoms with van der Waals surface area (Å²) in [5.41, 5.74) is 2.77. The highest BCUT2D eigenvalue weighted by Gasteiger charge is 2.10. The average molecular weight is 345 g/mol. The first-order valence-corrected chi connectivity index (χ1v) is 8.11. The fourth-order valence-electron chi connectivity index (χ4n) is 2.51. The van der Waals surface area contributed by atoms with E-state index in [1.165, 1.54) is 12.1 Å². The maximum atomic E-state index is 11.9. The minimum atomic E-state index is -0.454. The quantitative estimate of drug-likeness (QED) is 0.594. The van der Waals surface area contributed by atoms with Crippen LogP contribution in [0.5, 0.6) is 0 Å². The number of urea groups is 1. The van der Waals surface area contributed by atoms with Crippen LogP contribution in [0.2, 0.25) is 0 Å². The van der Waals surface area contributed by atoms with Gasteiger partial charge < -0.3 is 10.6 Å². The van der Waals surface area contributed by atoms with Crippen molar-refractivity contribution in [3.8, 4) is 0 Å². The van der Waals surface area contributed by atoms with Crippen molar-refractivity contribution in [3.05, 3.63) is 57.4 Å². The van der Waals surface area contributed by atoms with Gasteiger partial charge in [-0.05, 0) is 31.4 Å². The van der Waals surface area contributed by atoms with Gasteiger partial charge in [0.1, 0.15) is 0 Å². The lowest BCUT2D eigenvalue weighted by molar-refractivity contribution is -0.384. The maximum Gasteiger partial charge on any atom is 0.315 e. The number of nitrogens with one attached hydrogen (secondary N) is 2. The van der Waals surface area contributed by atoms with E-state index in [0.29, 0.717) is 12.1 Å². The van der Waals surface area contributed by atoms with Crippen LogP contribution in [0.15, 0.2) is 30.3 Å². The van der Waals surface area contributed by atoms with Crippen molar-refractivity contribution in [2.75, 3.05) is 6.54 Å². The number of rotatable bonds is 7. The molecule has 0 spiro atoms. The van der Waals surface area contributed by atoms with Crippen LogP contribution in [0.1, 0.15) is 23.9 Å². The van der Waals surface area contributed by atoms with Gasteiger partial charge >= 0.3 is 6.03 Å². The second-order valence-corrected chi connectivity index (χ2v) is 6.20. The van der Waals surface area contributed by atoms with Crippen LogP contribution in [0, 0.1) is 29.9 Å². The highest BCUT2D eigenvalue weighted by molar-refractivity contribution is 5.73. The van der Waals surface area contributed by atoms with E-state index in [1.54, 1.807) is 12.1 Å². The Morgan fingerprint density at radius 1 is 1.32 bits per heavy atom. The van der Waals surface area contributed by atoms with Crippen molar-refractivity contribution in [2.45, 2.75) is 33.9 Å². The van der Waals surface area contributed by atoms with E-state index in [-0.39, 0.29) is 24.2 Å². The normalized spacial score (nSPS) is 11.8. The summed E-state index contributed by atoms with van der Waals surface area (Å²) in [6.07, 6.45) is 0. The van der Waals surface area contributed by atoms with E-state index in [1.807, 2.05) is 31.5 Å². The largest absolute Gasteiger partial charge is 0.338 e. The minimum Gasteiger partial charge on any atom is -0.338 e. The van der Waals surface area contributed by atoms with Gasteiger partial charge in [-0.2, -0.15) is 5.10 Å². The smallest absolute Gasteiger partial charge is 0.315 e. The molecule has 2 amide bonds. The monoisotopic (exact) mass is 345 g/mol. The molecular weight excluding hydrogens is 322 g/mol. The SMILES string of the molecule is Cc1cc(C)n(CC(C)CNC(=O)NCc2cccc([N+](=O)[O-])c2)n1. The van der Waals surface area contributed by atoms with Crippen LogP contribution in [0.4, 0.5) is 10.5 Å². The van der Waals surface area contributed by atoms with Gasteiger partial charge in [-0.1, -0.05) is 19.1 Å². The Hall–Kier alpha value is -2.90. The number of amides is 2. The van der Waals surface area contributed by atoms with E-state index in [2.05, 4.69) is 15.7 Å². The number of hydrogen-bond acceptors (Lipinski definition) is 4. The van der Waals surface area contributed by atoms with Gasteiger partial charge in [0.15, 0.2) is 0 Å². The van der Waals surface area contributed by atoms with Crippen LogP contribution in [0.25, 0.3) is 0 Å². The molecule has 8 nitrogen and oxygen atoms in total. The number of aryl methyl sites for hydroxylation is 2.